The van der Waals surface area contributed by atoms with Crippen molar-refractivity contribution in [3.63, 3.8) is 0 Å². The highest BCUT2D eigenvalue weighted by Gasteiger charge is 2.42. The van der Waals surface area contributed by atoms with E-state index >= 15 is 0 Å². The van der Waals surface area contributed by atoms with Gasteiger partial charge in [-0.3, -0.25) is 19.7 Å². The average molecular weight is 475 g/mol. The smallest absolute Gasteiger partial charge is 0.321 e. The number of rotatable bonds is 5. The van der Waals surface area contributed by atoms with Crippen molar-refractivity contribution in [2.24, 2.45) is 5.92 Å². The molecule has 1 fully saturated rings. The normalized spacial score (nSPS) is 18.0. The van der Waals surface area contributed by atoms with Crippen molar-refractivity contribution in [3.8, 4) is 0 Å². The molecule has 1 aliphatic carbocycles. The van der Waals surface area contributed by atoms with Crippen LogP contribution in [0.25, 0.3) is 0 Å². The van der Waals surface area contributed by atoms with E-state index in [1.807, 2.05) is 32.9 Å². The highest BCUT2D eigenvalue weighted by molar-refractivity contribution is 6.40. The van der Waals surface area contributed by atoms with Crippen LogP contribution >= 0.6 is 23.2 Å². The van der Waals surface area contributed by atoms with Crippen LogP contribution in [0, 0.1) is 26.7 Å². The highest BCUT2D eigenvalue weighted by atomic mass is 35.5. The Morgan fingerprint density at radius 2 is 1.62 bits per heavy atom. The second-order valence-corrected chi connectivity index (χ2v) is 8.92. The number of Topliss-reactive ketones (excluding diaryl/α,β-unsaturated/α-hetero) is 2. The molecule has 2 atom stereocenters. The van der Waals surface area contributed by atoms with Crippen LogP contribution in [0.15, 0.2) is 30.3 Å². The number of amides is 3. The van der Waals surface area contributed by atoms with E-state index in [-0.39, 0.29) is 40.1 Å². The molecule has 0 aliphatic heterocycles. The van der Waals surface area contributed by atoms with E-state index in [9.17, 15) is 19.2 Å². The molecule has 0 saturated heterocycles. The molecule has 0 bridgehead atoms. The summed E-state index contributed by atoms with van der Waals surface area (Å²) >= 11 is 12.0. The number of carbonyl (C=O) groups excluding carboxylic acids is 4. The summed E-state index contributed by atoms with van der Waals surface area (Å²) in [5.74, 6) is -2.16. The molecular weight excluding hydrogens is 451 g/mol. The van der Waals surface area contributed by atoms with Gasteiger partial charge in [0.05, 0.1) is 15.6 Å². The molecule has 0 spiro atoms. The lowest BCUT2D eigenvalue weighted by atomic mass is 9.86. The summed E-state index contributed by atoms with van der Waals surface area (Å²) in [6, 6.07) is 7.81. The average Bonchev–Trinajstić information content (AvgIpc) is 2.95. The summed E-state index contributed by atoms with van der Waals surface area (Å²) < 4.78 is 0. The minimum Gasteiger partial charge on any atom is -0.338 e. The molecule has 3 amide bonds. The van der Waals surface area contributed by atoms with E-state index in [1.54, 1.807) is 6.07 Å². The first kappa shape index (κ1) is 24.0. The fraction of sp³-hybridized carbons (Fsp3) is 0.333. The number of nitrogens with one attached hydrogen (secondary N) is 2. The van der Waals surface area contributed by atoms with Crippen LogP contribution in [0.1, 0.15) is 51.4 Å². The molecule has 2 N–H and O–H groups in total. The number of imide groups is 1. The molecule has 1 aliphatic rings. The Hall–Kier alpha value is -2.70. The summed E-state index contributed by atoms with van der Waals surface area (Å²) in [5.41, 5.74) is 3.75. The van der Waals surface area contributed by atoms with Crippen LogP contribution in [-0.2, 0) is 9.59 Å². The highest BCUT2D eigenvalue weighted by Crippen LogP contribution is 2.37. The summed E-state index contributed by atoms with van der Waals surface area (Å²) in [4.78, 5) is 50.0. The van der Waals surface area contributed by atoms with Gasteiger partial charge in [-0.05, 0) is 56.0 Å². The lowest BCUT2D eigenvalue weighted by molar-refractivity contribution is -0.124. The second-order valence-electron chi connectivity index (χ2n) is 8.11. The Morgan fingerprint density at radius 1 is 1.03 bits per heavy atom. The Morgan fingerprint density at radius 3 is 2.22 bits per heavy atom. The predicted octanol–water partition coefficient (Wildman–Crippen LogP) is 4.69. The third-order valence-electron chi connectivity index (χ3n) is 5.68. The Balaban J connectivity index is 1.58. The molecule has 0 radical (unpaired) electrons. The Labute approximate surface area is 196 Å². The molecule has 0 aromatic heterocycles. The number of aryl methyl sites for hydroxylation is 3. The van der Waals surface area contributed by atoms with Crippen molar-refractivity contribution in [1.29, 1.82) is 0 Å². The molecule has 6 nitrogen and oxygen atoms in total. The van der Waals surface area contributed by atoms with Gasteiger partial charge in [-0.15, -0.1) is 0 Å². The van der Waals surface area contributed by atoms with Crippen LogP contribution in [-0.4, -0.2) is 30.0 Å². The van der Waals surface area contributed by atoms with Gasteiger partial charge in [0.15, 0.2) is 5.78 Å². The van der Waals surface area contributed by atoms with Gasteiger partial charge in [-0.1, -0.05) is 47.0 Å². The lowest BCUT2D eigenvalue weighted by Gasteiger charge is -2.16. The number of benzene rings is 2. The maximum absolute atomic E-state index is 13.0. The van der Waals surface area contributed by atoms with Gasteiger partial charge in [-0.2, -0.15) is 0 Å². The fourth-order valence-electron chi connectivity index (χ4n) is 4.33. The van der Waals surface area contributed by atoms with Gasteiger partial charge in [0.1, 0.15) is 11.7 Å². The third kappa shape index (κ3) is 5.03. The van der Waals surface area contributed by atoms with Gasteiger partial charge < -0.3 is 5.32 Å². The minimum atomic E-state index is -0.752. The lowest BCUT2D eigenvalue weighted by Crippen LogP contribution is -2.40. The first-order chi connectivity index (χ1) is 15.1. The number of urea groups is 1. The number of halogens is 2. The monoisotopic (exact) mass is 474 g/mol. The number of carbonyl (C=O) groups is 4. The fourth-order valence-corrected chi connectivity index (χ4v) is 4.90. The second kappa shape index (κ2) is 9.84. The Bertz CT molecular complexity index is 1070. The molecule has 3 rings (SSSR count). The van der Waals surface area contributed by atoms with Crippen molar-refractivity contribution in [2.45, 2.75) is 39.5 Å². The van der Waals surface area contributed by atoms with Gasteiger partial charge in [0.2, 0.25) is 0 Å². The van der Waals surface area contributed by atoms with E-state index in [0.29, 0.717) is 6.42 Å². The molecule has 8 heteroatoms. The van der Waals surface area contributed by atoms with Crippen LogP contribution < -0.4 is 10.6 Å². The minimum absolute atomic E-state index is 0.00855. The molecule has 0 heterocycles. The summed E-state index contributed by atoms with van der Waals surface area (Å²) in [6.45, 7) is 5.94. The van der Waals surface area contributed by atoms with Crippen LogP contribution in [0.2, 0.25) is 10.0 Å². The maximum atomic E-state index is 13.0. The summed E-state index contributed by atoms with van der Waals surface area (Å²) in [5, 5.41) is 4.98. The van der Waals surface area contributed by atoms with Crippen molar-refractivity contribution in [2.75, 3.05) is 6.54 Å². The largest absolute Gasteiger partial charge is 0.338 e. The van der Waals surface area contributed by atoms with Gasteiger partial charge in [0.25, 0.3) is 5.91 Å². The van der Waals surface area contributed by atoms with Crippen molar-refractivity contribution >= 4 is 46.7 Å². The van der Waals surface area contributed by atoms with Crippen molar-refractivity contribution in [3.05, 3.63) is 68.2 Å². The molecule has 2 aromatic carbocycles. The SMILES string of the molecule is Cc1cc(C)c(C2C(=O)CC(CCNC(=O)NC(=O)c3c(Cl)cccc3Cl)C2=O)c(C)c1. The van der Waals surface area contributed by atoms with E-state index in [2.05, 4.69) is 10.6 Å². The van der Waals surface area contributed by atoms with Gasteiger partial charge in [-0.25, -0.2) is 4.79 Å². The molecule has 1 saturated carbocycles. The van der Waals surface area contributed by atoms with E-state index in [1.165, 1.54) is 12.1 Å². The maximum Gasteiger partial charge on any atom is 0.321 e. The summed E-state index contributed by atoms with van der Waals surface area (Å²) in [6.07, 6.45) is 0.452. The molecule has 2 unspecified atom stereocenters. The third-order valence-corrected chi connectivity index (χ3v) is 6.31. The number of hydrogen-bond acceptors (Lipinski definition) is 4. The first-order valence-corrected chi connectivity index (χ1v) is 11.0. The van der Waals surface area contributed by atoms with E-state index in [0.717, 1.165) is 22.3 Å². The topological polar surface area (TPSA) is 92.3 Å². The van der Waals surface area contributed by atoms with Crippen LogP contribution in [0.4, 0.5) is 4.79 Å². The number of ketones is 2. The van der Waals surface area contributed by atoms with Crippen molar-refractivity contribution in [1.82, 2.24) is 10.6 Å². The molecule has 32 heavy (non-hydrogen) atoms. The molecule has 168 valence electrons. The number of hydrogen-bond donors (Lipinski definition) is 2. The van der Waals surface area contributed by atoms with Crippen LogP contribution in [0.3, 0.4) is 0 Å². The Kier molecular flexibility index (Phi) is 7.36. The van der Waals surface area contributed by atoms with E-state index in [4.69, 9.17) is 23.2 Å². The van der Waals surface area contributed by atoms with Gasteiger partial charge >= 0.3 is 6.03 Å². The quantitative estimate of drug-likeness (QED) is 0.614. The molecular formula is C24H24Cl2N2O4. The summed E-state index contributed by atoms with van der Waals surface area (Å²) in [7, 11) is 0. The van der Waals surface area contributed by atoms with E-state index < -0.39 is 23.8 Å². The predicted molar refractivity (Wildman–Crippen MR) is 123 cm³/mol. The first-order valence-electron chi connectivity index (χ1n) is 10.3. The zero-order valence-electron chi connectivity index (χ0n) is 18.1. The zero-order chi connectivity index (χ0) is 23.6. The molecule has 2 aromatic rings. The zero-order valence-corrected chi connectivity index (χ0v) is 19.6. The standard InChI is InChI=1S/C24H24Cl2N2O4/c1-12-9-13(2)19(14(3)10-12)21-18(29)11-15(22(21)30)7-8-27-24(32)28-23(31)20-16(25)5-4-6-17(20)26/h4-6,9-10,15,21H,7-8,11H2,1-3H3,(H2,27,28,31,32). The van der Waals surface area contributed by atoms with Crippen molar-refractivity contribution < 1.29 is 19.2 Å². The van der Waals surface area contributed by atoms with Crippen LogP contribution in [0.5, 0.6) is 0 Å². The van der Waals surface area contributed by atoms with Gasteiger partial charge in [0, 0.05) is 18.9 Å².